The lowest BCUT2D eigenvalue weighted by Gasteiger charge is -2.18. The van der Waals surface area contributed by atoms with Gasteiger partial charge in [-0.15, -0.1) is 0 Å². The molecule has 8 heteroatoms. The Morgan fingerprint density at radius 2 is 1.69 bits per heavy atom. The topological polar surface area (TPSA) is 85.7 Å². The Hall–Kier alpha value is -2.97. The molecular weight excluding hydrogens is 392 g/mol. The van der Waals surface area contributed by atoms with Crippen molar-refractivity contribution < 1.29 is 17.9 Å². The second-order valence-electron chi connectivity index (χ2n) is 6.40. The molecule has 1 heterocycles. The van der Waals surface area contributed by atoms with Gasteiger partial charge in [-0.05, 0) is 29.0 Å². The van der Waals surface area contributed by atoms with Crippen molar-refractivity contribution in [3.63, 3.8) is 0 Å². The van der Waals surface area contributed by atoms with Crippen LogP contribution in [0.4, 0.5) is 0 Å². The number of benzene rings is 2. The summed E-state index contributed by atoms with van der Waals surface area (Å²) in [5, 5.41) is 1.93. The number of rotatable bonds is 7. The molecule has 0 aliphatic rings. The first-order chi connectivity index (χ1) is 13.8. The van der Waals surface area contributed by atoms with E-state index in [4.69, 9.17) is 4.74 Å². The van der Waals surface area contributed by atoms with Crippen LogP contribution in [-0.4, -0.2) is 36.3 Å². The number of aromatic nitrogens is 1. The number of carbonyl (C=O) groups is 1. The number of carbonyl (C=O) groups excluding carboxylic acids is 1. The zero-order valence-electron chi connectivity index (χ0n) is 16.2. The summed E-state index contributed by atoms with van der Waals surface area (Å²) >= 11 is 0. The molecule has 3 rings (SSSR count). The Kier molecular flexibility index (Phi) is 6.14. The molecular formula is C21H22N2O5S. The number of hydrogen-bond acceptors (Lipinski definition) is 5. The molecule has 0 spiro atoms. The highest BCUT2D eigenvalue weighted by molar-refractivity contribution is 7.89. The second-order valence-corrected chi connectivity index (χ2v) is 8.34. The fourth-order valence-corrected chi connectivity index (χ4v) is 4.51. The van der Waals surface area contributed by atoms with Crippen molar-refractivity contribution in [3.8, 4) is 5.75 Å². The fraction of sp³-hybridized carbons (Fsp3) is 0.238. The number of esters is 1. The van der Waals surface area contributed by atoms with E-state index in [1.54, 1.807) is 26.0 Å². The average Bonchev–Trinajstić information content (AvgIpc) is 2.70. The van der Waals surface area contributed by atoms with Gasteiger partial charge in [0.1, 0.15) is 12.3 Å². The van der Waals surface area contributed by atoms with Crippen LogP contribution in [0.15, 0.2) is 70.5 Å². The van der Waals surface area contributed by atoms with Crippen LogP contribution in [0.3, 0.4) is 0 Å². The van der Waals surface area contributed by atoms with E-state index in [1.807, 2.05) is 30.3 Å². The summed E-state index contributed by atoms with van der Waals surface area (Å²) in [6.45, 7) is 3.69. The predicted octanol–water partition coefficient (Wildman–Crippen LogP) is 2.64. The maximum absolute atomic E-state index is 12.7. The van der Waals surface area contributed by atoms with E-state index in [2.05, 4.69) is 0 Å². The van der Waals surface area contributed by atoms with Crippen LogP contribution in [0.5, 0.6) is 5.75 Å². The zero-order valence-corrected chi connectivity index (χ0v) is 17.1. The third-order valence-corrected chi connectivity index (χ3v) is 6.59. The molecule has 3 aromatic rings. The van der Waals surface area contributed by atoms with Gasteiger partial charge in [-0.2, -0.15) is 4.31 Å². The highest BCUT2D eigenvalue weighted by atomic mass is 32.2. The van der Waals surface area contributed by atoms with Crippen molar-refractivity contribution >= 4 is 26.8 Å². The molecule has 0 N–H and O–H groups in total. The summed E-state index contributed by atoms with van der Waals surface area (Å²) in [5.74, 6) is -0.312. The van der Waals surface area contributed by atoms with Gasteiger partial charge in [0, 0.05) is 25.4 Å². The normalized spacial score (nSPS) is 11.7. The highest BCUT2D eigenvalue weighted by Gasteiger charge is 2.22. The van der Waals surface area contributed by atoms with Crippen LogP contribution in [0.2, 0.25) is 0 Å². The Morgan fingerprint density at radius 1 is 1.00 bits per heavy atom. The maximum atomic E-state index is 12.7. The number of hydrogen-bond donors (Lipinski definition) is 0. The first-order valence-electron chi connectivity index (χ1n) is 9.25. The SMILES string of the molecule is CCN(CC)S(=O)(=O)c1ccc(=O)n(CC(=O)Oc2ccc3ccccc3c2)c1. The van der Waals surface area contributed by atoms with E-state index in [-0.39, 0.29) is 4.90 Å². The second kappa shape index (κ2) is 8.59. The van der Waals surface area contributed by atoms with Gasteiger partial charge < -0.3 is 9.30 Å². The van der Waals surface area contributed by atoms with Crippen molar-refractivity contribution in [2.75, 3.05) is 13.1 Å². The molecule has 7 nitrogen and oxygen atoms in total. The summed E-state index contributed by atoms with van der Waals surface area (Å²) in [6, 6.07) is 15.3. The summed E-state index contributed by atoms with van der Waals surface area (Å²) in [4.78, 5) is 24.4. The van der Waals surface area contributed by atoms with Gasteiger partial charge in [-0.25, -0.2) is 13.2 Å². The van der Waals surface area contributed by atoms with E-state index in [9.17, 15) is 18.0 Å². The average molecular weight is 414 g/mol. The summed E-state index contributed by atoms with van der Waals surface area (Å²) < 4.78 is 33.0. The van der Waals surface area contributed by atoms with E-state index in [0.29, 0.717) is 18.8 Å². The van der Waals surface area contributed by atoms with Crippen LogP contribution in [0.25, 0.3) is 10.8 Å². The lowest BCUT2D eigenvalue weighted by atomic mass is 10.1. The molecule has 0 radical (unpaired) electrons. The third kappa shape index (κ3) is 4.55. The number of sulfonamides is 1. The molecule has 0 aliphatic carbocycles. The quantitative estimate of drug-likeness (QED) is 0.438. The van der Waals surface area contributed by atoms with Crippen molar-refractivity contribution in [3.05, 3.63) is 71.1 Å². The molecule has 0 aliphatic heterocycles. The standard InChI is InChI=1S/C21H22N2O5S/c1-3-23(4-2)29(26,27)19-11-12-20(24)22(14-19)15-21(25)28-18-10-9-16-7-5-6-8-17(16)13-18/h5-14H,3-4,15H2,1-2H3. The van der Waals surface area contributed by atoms with E-state index >= 15 is 0 Å². The van der Waals surface area contributed by atoms with Gasteiger partial charge in [0.05, 0.1) is 4.90 Å². The van der Waals surface area contributed by atoms with Gasteiger partial charge in [-0.1, -0.05) is 44.2 Å². The van der Waals surface area contributed by atoms with Crippen LogP contribution in [0.1, 0.15) is 13.8 Å². The lowest BCUT2D eigenvalue weighted by molar-refractivity contribution is -0.135. The largest absolute Gasteiger partial charge is 0.425 e. The monoisotopic (exact) mass is 414 g/mol. The van der Waals surface area contributed by atoms with Crippen LogP contribution >= 0.6 is 0 Å². The third-order valence-electron chi connectivity index (χ3n) is 4.55. The fourth-order valence-electron chi connectivity index (χ4n) is 3.03. The number of nitrogens with zero attached hydrogens (tertiary/aromatic N) is 2. The van der Waals surface area contributed by atoms with Crippen molar-refractivity contribution in [1.82, 2.24) is 8.87 Å². The number of ether oxygens (including phenoxy) is 1. The smallest absolute Gasteiger partial charge is 0.331 e. The van der Waals surface area contributed by atoms with Crippen molar-refractivity contribution in [2.45, 2.75) is 25.3 Å². The molecule has 0 saturated heterocycles. The molecule has 152 valence electrons. The summed E-state index contributed by atoms with van der Waals surface area (Å²) in [5.41, 5.74) is -0.487. The number of fused-ring (bicyclic) bond motifs is 1. The van der Waals surface area contributed by atoms with Gasteiger partial charge >= 0.3 is 5.97 Å². The molecule has 0 bridgehead atoms. The summed E-state index contributed by atoms with van der Waals surface area (Å²) in [7, 11) is -3.74. The molecule has 0 fully saturated rings. The Bertz CT molecular complexity index is 1200. The zero-order chi connectivity index (χ0) is 21.0. The Balaban J connectivity index is 1.81. The first-order valence-corrected chi connectivity index (χ1v) is 10.7. The molecule has 29 heavy (non-hydrogen) atoms. The van der Waals surface area contributed by atoms with E-state index in [0.717, 1.165) is 21.4 Å². The molecule has 1 aromatic heterocycles. The molecule has 0 amide bonds. The predicted molar refractivity (Wildman–Crippen MR) is 110 cm³/mol. The minimum absolute atomic E-state index is 0.0423. The minimum atomic E-state index is -3.74. The lowest BCUT2D eigenvalue weighted by Crippen LogP contribution is -2.32. The van der Waals surface area contributed by atoms with Gasteiger partial charge in [0.2, 0.25) is 10.0 Å². The van der Waals surface area contributed by atoms with E-state index in [1.165, 1.54) is 16.6 Å². The highest BCUT2D eigenvalue weighted by Crippen LogP contribution is 2.21. The molecule has 0 saturated carbocycles. The van der Waals surface area contributed by atoms with Crippen LogP contribution in [0, 0.1) is 0 Å². The van der Waals surface area contributed by atoms with Gasteiger partial charge in [0.15, 0.2) is 0 Å². The van der Waals surface area contributed by atoms with Crippen LogP contribution < -0.4 is 10.3 Å². The Morgan fingerprint density at radius 3 is 2.38 bits per heavy atom. The Labute approximate surface area is 169 Å². The molecule has 0 atom stereocenters. The molecule has 2 aromatic carbocycles. The van der Waals surface area contributed by atoms with Crippen molar-refractivity contribution in [2.24, 2.45) is 0 Å². The first kappa shape index (κ1) is 20.8. The van der Waals surface area contributed by atoms with Crippen molar-refractivity contribution in [1.29, 1.82) is 0 Å². The summed E-state index contributed by atoms with van der Waals surface area (Å²) in [6.07, 6.45) is 1.18. The minimum Gasteiger partial charge on any atom is -0.425 e. The van der Waals surface area contributed by atoms with Crippen LogP contribution in [-0.2, 0) is 21.4 Å². The van der Waals surface area contributed by atoms with Gasteiger partial charge in [-0.3, -0.25) is 4.79 Å². The van der Waals surface area contributed by atoms with E-state index < -0.39 is 28.1 Å². The maximum Gasteiger partial charge on any atom is 0.331 e. The molecule has 0 unspecified atom stereocenters. The number of pyridine rings is 1. The van der Waals surface area contributed by atoms with Gasteiger partial charge in [0.25, 0.3) is 5.56 Å².